The third-order valence-electron chi connectivity index (χ3n) is 1.94. The Morgan fingerprint density at radius 2 is 2.06 bits per heavy atom. The van der Waals surface area contributed by atoms with Crippen molar-refractivity contribution in [1.29, 1.82) is 0 Å². The van der Waals surface area contributed by atoms with E-state index in [2.05, 4.69) is 14.7 Å². The fraction of sp³-hybridized carbons (Fsp3) is 0.583. The highest BCUT2D eigenvalue weighted by molar-refractivity contribution is 5.91. The highest BCUT2D eigenvalue weighted by Gasteiger charge is 2.15. The van der Waals surface area contributed by atoms with Gasteiger partial charge in [-0.15, -0.1) is 0 Å². The number of esters is 1. The lowest BCUT2D eigenvalue weighted by Gasteiger charge is -2.19. The average Bonchev–Trinajstić information content (AvgIpc) is 2.33. The van der Waals surface area contributed by atoms with Gasteiger partial charge in [0.1, 0.15) is 18.5 Å². The Balaban J connectivity index is 2.54. The lowest BCUT2D eigenvalue weighted by Crippen LogP contribution is -2.23. The molecule has 100 valence electrons. The lowest BCUT2D eigenvalue weighted by atomic mass is 10.2. The molecule has 1 heterocycles. The first kappa shape index (κ1) is 14.4. The van der Waals surface area contributed by atoms with Crippen molar-refractivity contribution in [2.75, 3.05) is 20.3 Å². The second-order valence-corrected chi connectivity index (χ2v) is 4.54. The van der Waals surface area contributed by atoms with Crippen molar-refractivity contribution >= 4 is 5.97 Å². The van der Waals surface area contributed by atoms with E-state index in [9.17, 15) is 4.79 Å². The number of hydrogen-bond acceptors (Lipinski definition) is 6. The lowest BCUT2D eigenvalue weighted by molar-refractivity contribution is -0.0170. The zero-order chi connectivity index (χ0) is 13.6. The van der Waals surface area contributed by atoms with Crippen LogP contribution in [0.15, 0.2) is 12.5 Å². The molecule has 18 heavy (non-hydrogen) atoms. The zero-order valence-corrected chi connectivity index (χ0v) is 11.1. The van der Waals surface area contributed by atoms with E-state index in [4.69, 9.17) is 9.47 Å². The third-order valence-corrected chi connectivity index (χ3v) is 1.94. The van der Waals surface area contributed by atoms with Gasteiger partial charge in [0.05, 0.1) is 19.3 Å². The van der Waals surface area contributed by atoms with E-state index in [1.807, 2.05) is 20.8 Å². The molecule has 1 rings (SSSR count). The summed E-state index contributed by atoms with van der Waals surface area (Å²) in [4.78, 5) is 19.1. The molecular weight excluding hydrogens is 236 g/mol. The molecule has 0 amide bonds. The summed E-state index contributed by atoms with van der Waals surface area (Å²) in [5.41, 5.74) is -0.0176. The average molecular weight is 254 g/mol. The maximum Gasteiger partial charge on any atom is 0.344 e. The molecule has 0 atom stereocenters. The molecule has 0 aromatic carbocycles. The molecule has 1 aromatic heterocycles. The van der Waals surface area contributed by atoms with E-state index in [-0.39, 0.29) is 17.0 Å². The number of aromatic nitrogens is 2. The van der Waals surface area contributed by atoms with Crippen LogP contribution in [0.1, 0.15) is 31.1 Å². The van der Waals surface area contributed by atoms with Gasteiger partial charge in [0.15, 0.2) is 0 Å². The minimum absolute atomic E-state index is 0.203. The number of ether oxygens (including phenoxy) is 3. The van der Waals surface area contributed by atoms with Gasteiger partial charge < -0.3 is 14.2 Å². The van der Waals surface area contributed by atoms with Crippen molar-refractivity contribution in [3.8, 4) is 5.88 Å². The standard InChI is InChI=1S/C12H18N2O4/c1-12(2,3)18-6-5-17-10-9(11(15)16-4)7-13-8-14-10/h7-8H,5-6H2,1-4H3. The smallest absolute Gasteiger partial charge is 0.344 e. The van der Waals surface area contributed by atoms with E-state index in [1.54, 1.807) is 0 Å². The number of nitrogens with zero attached hydrogens (tertiary/aromatic N) is 2. The molecular formula is C12H18N2O4. The molecule has 0 radical (unpaired) electrons. The first-order valence-electron chi connectivity index (χ1n) is 5.59. The second kappa shape index (κ2) is 6.30. The highest BCUT2D eigenvalue weighted by atomic mass is 16.5. The van der Waals surface area contributed by atoms with Crippen molar-refractivity contribution in [2.45, 2.75) is 26.4 Å². The monoisotopic (exact) mass is 254 g/mol. The Kier molecular flexibility index (Phi) is 5.03. The van der Waals surface area contributed by atoms with Crippen LogP contribution in [-0.4, -0.2) is 41.9 Å². The number of methoxy groups -OCH3 is 1. The van der Waals surface area contributed by atoms with Gasteiger partial charge in [-0.1, -0.05) is 0 Å². The third kappa shape index (κ3) is 4.67. The van der Waals surface area contributed by atoms with Gasteiger partial charge in [-0.05, 0) is 20.8 Å². The van der Waals surface area contributed by atoms with E-state index in [1.165, 1.54) is 19.6 Å². The van der Waals surface area contributed by atoms with E-state index in [0.29, 0.717) is 13.2 Å². The Hall–Kier alpha value is -1.69. The summed E-state index contributed by atoms with van der Waals surface area (Å²) in [7, 11) is 1.29. The van der Waals surface area contributed by atoms with E-state index >= 15 is 0 Å². The molecule has 6 nitrogen and oxygen atoms in total. The molecule has 0 aliphatic rings. The van der Waals surface area contributed by atoms with Gasteiger partial charge in [0, 0.05) is 6.20 Å². The molecule has 0 saturated carbocycles. The molecule has 0 saturated heterocycles. The molecule has 0 spiro atoms. The van der Waals surface area contributed by atoms with E-state index < -0.39 is 5.97 Å². The largest absolute Gasteiger partial charge is 0.475 e. The molecule has 0 bridgehead atoms. The van der Waals surface area contributed by atoms with Crippen LogP contribution in [0.3, 0.4) is 0 Å². The van der Waals surface area contributed by atoms with Gasteiger partial charge in [0.2, 0.25) is 5.88 Å². The topological polar surface area (TPSA) is 70.5 Å². The van der Waals surface area contributed by atoms with Crippen LogP contribution in [0.5, 0.6) is 5.88 Å². The van der Waals surface area contributed by atoms with Crippen LogP contribution in [0.2, 0.25) is 0 Å². The number of rotatable bonds is 5. The Bertz CT molecular complexity index is 401. The van der Waals surface area contributed by atoms with Crippen LogP contribution in [0, 0.1) is 0 Å². The second-order valence-electron chi connectivity index (χ2n) is 4.54. The van der Waals surface area contributed by atoms with E-state index in [0.717, 1.165) is 0 Å². The summed E-state index contributed by atoms with van der Waals surface area (Å²) in [6.45, 7) is 6.58. The molecule has 0 fully saturated rings. The van der Waals surface area contributed by atoms with Crippen LogP contribution in [0.4, 0.5) is 0 Å². The first-order chi connectivity index (χ1) is 8.44. The van der Waals surface area contributed by atoms with Gasteiger partial charge >= 0.3 is 5.97 Å². The Morgan fingerprint density at radius 3 is 2.67 bits per heavy atom. The van der Waals surface area contributed by atoms with Crippen molar-refractivity contribution in [3.05, 3.63) is 18.1 Å². The van der Waals surface area contributed by atoms with Crippen LogP contribution in [-0.2, 0) is 9.47 Å². The van der Waals surface area contributed by atoms with Gasteiger partial charge in [-0.2, -0.15) is 0 Å². The Morgan fingerprint density at radius 1 is 1.33 bits per heavy atom. The quantitative estimate of drug-likeness (QED) is 0.585. The number of carbonyl (C=O) groups excluding carboxylic acids is 1. The van der Waals surface area contributed by atoms with Gasteiger partial charge in [-0.3, -0.25) is 0 Å². The summed E-state index contributed by atoms with van der Waals surface area (Å²) < 4.78 is 15.5. The summed E-state index contributed by atoms with van der Waals surface area (Å²) in [5, 5.41) is 0. The Labute approximate surface area is 106 Å². The molecule has 0 aliphatic heterocycles. The molecule has 0 unspecified atom stereocenters. The van der Waals surface area contributed by atoms with Crippen molar-refractivity contribution < 1.29 is 19.0 Å². The molecule has 0 N–H and O–H groups in total. The SMILES string of the molecule is COC(=O)c1cncnc1OCCOC(C)(C)C. The first-order valence-corrected chi connectivity index (χ1v) is 5.59. The fourth-order valence-electron chi connectivity index (χ4n) is 1.17. The maximum atomic E-state index is 11.4. The minimum Gasteiger partial charge on any atom is -0.475 e. The maximum absolute atomic E-state index is 11.4. The van der Waals surface area contributed by atoms with Crippen LogP contribution < -0.4 is 4.74 Å². The predicted molar refractivity (Wildman–Crippen MR) is 64.6 cm³/mol. The number of carbonyl (C=O) groups is 1. The highest BCUT2D eigenvalue weighted by Crippen LogP contribution is 2.14. The summed E-state index contributed by atoms with van der Waals surface area (Å²) >= 11 is 0. The van der Waals surface area contributed by atoms with Gasteiger partial charge in [-0.25, -0.2) is 14.8 Å². The minimum atomic E-state index is -0.526. The van der Waals surface area contributed by atoms with Crippen LogP contribution >= 0.6 is 0 Å². The van der Waals surface area contributed by atoms with Gasteiger partial charge in [0.25, 0.3) is 0 Å². The van der Waals surface area contributed by atoms with Crippen molar-refractivity contribution in [3.63, 3.8) is 0 Å². The summed E-state index contributed by atoms with van der Waals surface area (Å²) in [6, 6.07) is 0. The molecule has 1 aromatic rings. The zero-order valence-electron chi connectivity index (χ0n) is 11.1. The summed E-state index contributed by atoms with van der Waals surface area (Å²) in [5.74, 6) is -0.323. The summed E-state index contributed by atoms with van der Waals surface area (Å²) in [6.07, 6.45) is 2.67. The predicted octanol–water partition coefficient (Wildman–Crippen LogP) is 1.46. The van der Waals surface area contributed by atoms with Crippen molar-refractivity contribution in [2.24, 2.45) is 0 Å². The number of hydrogen-bond donors (Lipinski definition) is 0. The van der Waals surface area contributed by atoms with Crippen molar-refractivity contribution in [1.82, 2.24) is 9.97 Å². The normalized spacial score (nSPS) is 11.1. The molecule has 6 heteroatoms. The van der Waals surface area contributed by atoms with Crippen LogP contribution in [0.25, 0.3) is 0 Å². The fourth-order valence-corrected chi connectivity index (χ4v) is 1.17. The molecule has 0 aliphatic carbocycles.